The number of para-hydroxylation sites is 1. The lowest BCUT2D eigenvalue weighted by Gasteiger charge is -2.24. The minimum atomic E-state index is 0.421. The summed E-state index contributed by atoms with van der Waals surface area (Å²) >= 11 is 0. The molecule has 2 atom stereocenters. The minimum absolute atomic E-state index is 0.421. The van der Waals surface area contributed by atoms with Crippen LogP contribution in [-0.4, -0.2) is 24.6 Å². The zero-order chi connectivity index (χ0) is 8.84. The lowest BCUT2D eigenvalue weighted by molar-refractivity contribution is 0.203. The first-order valence-electron chi connectivity index (χ1n) is 4.80. The van der Waals surface area contributed by atoms with Crippen molar-refractivity contribution in [2.45, 2.75) is 18.6 Å². The van der Waals surface area contributed by atoms with Gasteiger partial charge in [0, 0.05) is 24.6 Å². The van der Waals surface area contributed by atoms with E-state index >= 15 is 0 Å². The Morgan fingerprint density at radius 1 is 1.38 bits per heavy atom. The maximum absolute atomic E-state index is 5.85. The molecule has 0 aliphatic carbocycles. The summed E-state index contributed by atoms with van der Waals surface area (Å²) in [6, 6.07) is 8.99. The molecular weight excluding hydrogens is 162 g/mol. The average molecular weight is 175 g/mol. The van der Waals surface area contributed by atoms with Gasteiger partial charge in [0.1, 0.15) is 11.9 Å². The van der Waals surface area contributed by atoms with E-state index in [0.717, 1.165) is 18.7 Å². The summed E-state index contributed by atoms with van der Waals surface area (Å²) in [6.45, 7) is 1.07. The lowest BCUT2D eigenvalue weighted by atomic mass is 10.0. The number of benzene rings is 1. The Kier molecular flexibility index (Phi) is 1.41. The van der Waals surface area contributed by atoms with E-state index in [0.29, 0.717) is 12.1 Å². The second-order valence-electron chi connectivity index (χ2n) is 3.97. The van der Waals surface area contributed by atoms with E-state index in [2.05, 4.69) is 30.1 Å². The summed E-state index contributed by atoms with van der Waals surface area (Å²) in [5.41, 5.74) is 1.36. The van der Waals surface area contributed by atoms with Crippen molar-refractivity contribution in [2.75, 3.05) is 13.6 Å². The van der Waals surface area contributed by atoms with E-state index in [-0.39, 0.29) is 0 Å². The summed E-state index contributed by atoms with van der Waals surface area (Å²) in [4.78, 5) is 2.39. The van der Waals surface area contributed by atoms with Crippen molar-refractivity contribution in [2.24, 2.45) is 0 Å². The molecule has 2 bridgehead atoms. The number of likely N-dealkylation sites (N-methyl/N-ethyl adjacent to an activating group) is 1. The fraction of sp³-hybridized carbons (Fsp3) is 0.455. The monoisotopic (exact) mass is 175 g/mol. The minimum Gasteiger partial charge on any atom is -0.489 e. The smallest absolute Gasteiger partial charge is 0.124 e. The molecule has 2 heteroatoms. The van der Waals surface area contributed by atoms with Gasteiger partial charge in [0.25, 0.3) is 0 Å². The molecule has 2 nitrogen and oxygen atoms in total. The van der Waals surface area contributed by atoms with Crippen LogP contribution in [-0.2, 0) is 0 Å². The molecule has 68 valence electrons. The Balaban J connectivity index is 2.11. The van der Waals surface area contributed by atoms with Crippen LogP contribution in [0.5, 0.6) is 5.75 Å². The topological polar surface area (TPSA) is 12.5 Å². The van der Waals surface area contributed by atoms with Crippen LogP contribution < -0.4 is 4.74 Å². The van der Waals surface area contributed by atoms with Crippen molar-refractivity contribution < 1.29 is 4.74 Å². The van der Waals surface area contributed by atoms with Gasteiger partial charge in [-0.3, -0.25) is 4.90 Å². The van der Waals surface area contributed by atoms with E-state index < -0.39 is 0 Å². The molecule has 3 rings (SSSR count). The number of hydrogen-bond acceptors (Lipinski definition) is 2. The summed E-state index contributed by atoms with van der Waals surface area (Å²) in [5.74, 6) is 1.09. The standard InChI is InChI=1S/C11H13NO/c1-12-7-8-6-10(12)9-4-2-3-5-11(9)13-8/h2-5,8,10H,6-7H2,1H3. The molecule has 0 radical (unpaired) electrons. The molecule has 0 spiro atoms. The van der Waals surface area contributed by atoms with Gasteiger partial charge in [-0.1, -0.05) is 18.2 Å². The van der Waals surface area contributed by atoms with Gasteiger partial charge in [0.05, 0.1) is 0 Å². The third-order valence-corrected chi connectivity index (χ3v) is 3.08. The normalized spacial score (nSPS) is 31.2. The molecule has 1 aromatic carbocycles. The first kappa shape index (κ1) is 7.39. The van der Waals surface area contributed by atoms with Crippen molar-refractivity contribution in [3.05, 3.63) is 29.8 Å². The van der Waals surface area contributed by atoms with Gasteiger partial charge in [-0.25, -0.2) is 0 Å². The molecule has 0 amide bonds. The zero-order valence-electron chi connectivity index (χ0n) is 7.73. The van der Waals surface area contributed by atoms with E-state index in [1.165, 1.54) is 5.56 Å². The first-order chi connectivity index (χ1) is 6.34. The zero-order valence-corrected chi connectivity index (χ0v) is 7.73. The van der Waals surface area contributed by atoms with Crippen molar-refractivity contribution in [3.63, 3.8) is 0 Å². The molecule has 0 aromatic heterocycles. The lowest BCUT2D eigenvalue weighted by Crippen LogP contribution is -2.20. The number of nitrogens with zero attached hydrogens (tertiary/aromatic N) is 1. The van der Waals surface area contributed by atoms with E-state index in [9.17, 15) is 0 Å². The third-order valence-electron chi connectivity index (χ3n) is 3.08. The quantitative estimate of drug-likeness (QED) is 0.596. The fourth-order valence-electron chi connectivity index (χ4n) is 2.44. The predicted molar refractivity (Wildman–Crippen MR) is 50.8 cm³/mol. The molecular formula is C11H13NO. The molecule has 2 unspecified atom stereocenters. The Labute approximate surface area is 78.1 Å². The average Bonchev–Trinajstić information content (AvgIpc) is 2.44. The number of rotatable bonds is 0. The van der Waals surface area contributed by atoms with Crippen LogP contribution in [0.4, 0.5) is 0 Å². The van der Waals surface area contributed by atoms with Crippen molar-refractivity contribution >= 4 is 0 Å². The van der Waals surface area contributed by atoms with E-state index in [1.807, 2.05) is 6.07 Å². The largest absolute Gasteiger partial charge is 0.489 e. The second-order valence-corrected chi connectivity index (χ2v) is 3.97. The van der Waals surface area contributed by atoms with Crippen molar-refractivity contribution in [1.29, 1.82) is 0 Å². The van der Waals surface area contributed by atoms with Gasteiger partial charge in [0.15, 0.2) is 0 Å². The van der Waals surface area contributed by atoms with Gasteiger partial charge in [-0.2, -0.15) is 0 Å². The number of hydrogen-bond donors (Lipinski definition) is 0. The van der Waals surface area contributed by atoms with Gasteiger partial charge < -0.3 is 4.74 Å². The number of fused-ring (bicyclic) bond motifs is 4. The number of ether oxygens (including phenoxy) is 1. The van der Waals surface area contributed by atoms with Gasteiger partial charge in [0.2, 0.25) is 0 Å². The molecule has 0 N–H and O–H groups in total. The highest BCUT2D eigenvalue weighted by molar-refractivity contribution is 5.39. The molecule has 2 aliphatic heterocycles. The Morgan fingerprint density at radius 2 is 2.23 bits per heavy atom. The van der Waals surface area contributed by atoms with Crippen LogP contribution in [0.3, 0.4) is 0 Å². The van der Waals surface area contributed by atoms with E-state index in [1.54, 1.807) is 0 Å². The van der Waals surface area contributed by atoms with E-state index in [4.69, 9.17) is 4.74 Å². The Morgan fingerprint density at radius 3 is 3.15 bits per heavy atom. The summed E-state index contributed by atoms with van der Waals surface area (Å²) in [6.07, 6.45) is 1.58. The summed E-state index contributed by atoms with van der Waals surface area (Å²) < 4.78 is 5.85. The highest BCUT2D eigenvalue weighted by Gasteiger charge is 2.37. The molecule has 0 saturated carbocycles. The molecule has 1 fully saturated rings. The summed E-state index contributed by atoms with van der Waals surface area (Å²) in [7, 11) is 2.18. The third kappa shape index (κ3) is 0.985. The fourth-order valence-corrected chi connectivity index (χ4v) is 2.44. The highest BCUT2D eigenvalue weighted by atomic mass is 16.5. The molecule has 2 aliphatic rings. The van der Waals surface area contributed by atoms with Crippen LogP contribution in [0.2, 0.25) is 0 Å². The molecule has 1 saturated heterocycles. The van der Waals surface area contributed by atoms with Gasteiger partial charge in [-0.05, 0) is 13.1 Å². The van der Waals surface area contributed by atoms with Gasteiger partial charge >= 0.3 is 0 Å². The molecule has 13 heavy (non-hydrogen) atoms. The first-order valence-corrected chi connectivity index (χ1v) is 4.80. The Bertz CT molecular complexity index is 337. The SMILES string of the molecule is CN1CC2CC1c1ccccc1O2. The van der Waals surface area contributed by atoms with Crippen molar-refractivity contribution in [1.82, 2.24) is 4.90 Å². The maximum Gasteiger partial charge on any atom is 0.124 e. The van der Waals surface area contributed by atoms with Crippen LogP contribution in [0.1, 0.15) is 18.0 Å². The van der Waals surface area contributed by atoms with Crippen LogP contribution in [0, 0.1) is 0 Å². The Hall–Kier alpha value is -1.02. The molecule has 2 heterocycles. The van der Waals surface area contributed by atoms with Crippen LogP contribution in [0.15, 0.2) is 24.3 Å². The second kappa shape index (κ2) is 2.48. The van der Waals surface area contributed by atoms with Crippen LogP contribution >= 0.6 is 0 Å². The van der Waals surface area contributed by atoms with Gasteiger partial charge in [-0.15, -0.1) is 0 Å². The number of likely N-dealkylation sites (tertiary alicyclic amines) is 1. The van der Waals surface area contributed by atoms with Crippen LogP contribution in [0.25, 0.3) is 0 Å². The molecule has 1 aromatic rings. The van der Waals surface area contributed by atoms with Crippen molar-refractivity contribution in [3.8, 4) is 5.75 Å². The summed E-state index contributed by atoms with van der Waals surface area (Å²) in [5, 5.41) is 0. The predicted octanol–water partition coefficient (Wildman–Crippen LogP) is 1.82. The maximum atomic E-state index is 5.85. The highest BCUT2D eigenvalue weighted by Crippen LogP contribution is 2.42.